The number of carbonyl (C=O) groups excluding carboxylic acids is 1. The fraction of sp³-hybridized carbons (Fsp3) is 0.474. The molecule has 1 fully saturated rings. The number of carbonyl (C=O) groups is 1. The third kappa shape index (κ3) is 5.54. The summed E-state index contributed by atoms with van der Waals surface area (Å²) in [6.07, 6.45) is 3.13. The lowest BCUT2D eigenvalue weighted by Crippen LogP contribution is -2.48. The summed E-state index contributed by atoms with van der Waals surface area (Å²) in [5, 5.41) is 5.14. The van der Waals surface area contributed by atoms with Crippen LogP contribution in [0.5, 0.6) is 0 Å². The molecule has 1 saturated heterocycles. The van der Waals surface area contributed by atoms with E-state index in [0.717, 1.165) is 44.6 Å². The molecule has 1 aromatic heterocycles. The summed E-state index contributed by atoms with van der Waals surface area (Å²) in [6.45, 7) is 3.75. The van der Waals surface area contributed by atoms with Crippen LogP contribution >= 0.6 is 11.3 Å². The van der Waals surface area contributed by atoms with E-state index in [1.807, 2.05) is 12.4 Å². The maximum atomic E-state index is 12.3. The van der Waals surface area contributed by atoms with Gasteiger partial charge in [0.1, 0.15) is 0 Å². The van der Waals surface area contributed by atoms with Gasteiger partial charge in [-0.15, -0.1) is 11.3 Å². The van der Waals surface area contributed by atoms with E-state index in [4.69, 9.17) is 0 Å². The first kappa shape index (κ1) is 17.9. The maximum Gasteiger partial charge on any atom is 0.317 e. The highest BCUT2D eigenvalue weighted by atomic mass is 32.1. The largest absolute Gasteiger partial charge is 0.335 e. The van der Waals surface area contributed by atoms with E-state index in [9.17, 15) is 4.79 Å². The molecule has 2 heterocycles. The zero-order valence-electron chi connectivity index (χ0n) is 14.7. The van der Waals surface area contributed by atoms with Crippen molar-refractivity contribution in [1.82, 2.24) is 20.1 Å². The Morgan fingerprint density at radius 1 is 1.32 bits per heavy atom. The van der Waals surface area contributed by atoms with Crippen molar-refractivity contribution in [2.24, 2.45) is 0 Å². The van der Waals surface area contributed by atoms with Crippen molar-refractivity contribution in [1.29, 1.82) is 0 Å². The summed E-state index contributed by atoms with van der Waals surface area (Å²) < 4.78 is 0. The van der Waals surface area contributed by atoms with Crippen LogP contribution in [0, 0.1) is 0 Å². The minimum absolute atomic E-state index is 0.00395. The van der Waals surface area contributed by atoms with E-state index < -0.39 is 0 Å². The molecular weight excluding hydrogens is 332 g/mol. The normalized spacial score (nSPS) is 15.9. The average Bonchev–Trinajstić information content (AvgIpc) is 3.15. The van der Waals surface area contributed by atoms with Gasteiger partial charge < -0.3 is 15.1 Å². The summed E-state index contributed by atoms with van der Waals surface area (Å²) in [5.74, 6) is 0. The van der Waals surface area contributed by atoms with E-state index >= 15 is 0 Å². The molecule has 5 nitrogen and oxygen atoms in total. The van der Waals surface area contributed by atoms with E-state index in [1.165, 1.54) is 5.56 Å². The van der Waals surface area contributed by atoms with Crippen LogP contribution in [0.25, 0.3) is 0 Å². The van der Waals surface area contributed by atoms with Crippen molar-refractivity contribution >= 4 is 17.4 Å². The molecule has 0 spiro atoms. The van der Waals surface area contributed by atoms with E-state index in [2.05, 4.69) is 45.5 Å². The summed E-state index contributed by atoms with van der Waals surface area (Å²) in [5.41, 5.74) is 4.13. The van der Waals surface area contributed by atoms with Crippen LogP contribution in [0.15, 0.2) is 41.2 Å². The first-order chi connectivity index (χ1) is 12.2. The Labute approximate surface area is 153 Å². The summed E-state index contributed by atoms with van der Waals surface area (Å²) >= 11 is 1.56. The number of nitrogens with one attached hydrogen (secondary N) is 1. The number of likely N-dealkylation sites (tertiary alicyclic amines) is 1. The van der Waals surface area contributed by atoms with Gasteiger partial charge in [-0.1, -0.05) is 30.3 Å². The highest BCUT2D eigenvalue weighted by Crippen LogP contribution is 2.12. The van der Waals surface area contributed by atoms with Crippen LogP contribution in [0.3, 0.4) is 0 Å². The number of rotatable bonds is 6. The summed E-state index contributed by atoms with van der Waals surface area (Å²) in [4.78, 5) is 20.7. The van der Waals surface area contributed by atoms with Crippen molar-refractivity contribution in [3.63, 3.8) is 0 Å². The lowest BCUT2D eigenvalue weighted by Gasteiger charge is -2.33. The molecule has 2 aromatic rings. The Kier molecular flexibility index (Phi) is 6.42. The van der Waals surface area contributed by atoms with Gasteiger partial charge in [0.2, 0.25) is 0 Å². The number of nitrogens with zero attached hydrogens (tertiary/aromatic N) is 3. The fourth-order valence-electron chi connectivity index (χ4n) is 3.15. The molecule has 0 saturated carbocycles. The predicted molar refractivity (Wildman–Crippen MR) is 102 cm³/mol. The van der Waals surface area contributed by atoms with Gasteiger partial charge in [-0.05, 0) is 24.8 Å². The first-order valence-corrected chi connectivity index (χ1v) is 9.80. The van der Waals surface area contributed by atoms with E-state index in [-0.39, 0.29) is 12.1 Å². The first-order valence-electron chi connectivity index (χ1n) is 8.85. The van der Waals surface area contributed by atoms with Gasteiger partial charge in [-0.3, -0.25) is 0 Å². The SMILES string of the molecule is CN(Cc1cscn1)C(=O)NC1CCN(CCc2ccccc2)CC1. The van der Waals surface area contributed by atoms with Gasteiger partial charge in [0, 0.05) is 38.1 Å². The van der Waals surface area contributed by atoms with Crippen molar-refractivity contribution in [2.75, 3.05) is 26.7 Å². The number of benzene rings is 1. The smallest absolute Gasteiger partial charge is 0.317 e. The van der Waals surface area contributed by atoms with Crippen molar-refractivity contribution < 1.29 is 4.79 Å². The van der Waals surface area contributed by atoms with E-state index in [0.29, 0.717) is 6.54 Å². The van der Waals surface area contributed by atoms with Gasteiger partial charge in [0.15, 0.2) is 0 Å². The maximum absolute atomic E-state index is 12.3. The molecule has 0 bridgehead atoms. The minimum atomic E-state index is -0.00395. The zero-order chi connectivity index (χ0) is 17.5. The van der Waals surface area contributed by atoms with Gasteiger partial charge in [-0.2, -0.15) is 0 Å². The van der Waals surface area contributed by atoms with Gasteiger partial charge in [0.05, 0.1) is 17.7 Å². The van der Waals surface area contributed by atoms with E-state index in [1.54, 1.807) is 21.7 Å². The third-order valence-electron chi connectivity index (χ3n) is 4.70. The Balaban J connectivity index is 1.36. The standard InChI is InChI=1S/C19H26N4OS/c1-22(13-18-14-25-15-20-18)19(24)21-17-8-11-23(12-9-17)10-7-16-5-3-2-4-6-16/h2-6,14-15,17H,7-13H2,1H3,(H,21,24). The third-order valence-corrected chi connectivity index (χ3v) is 5.34. The summed E-state index contributed by atoms with van der Waals surface area (Å²) in [7, 11) is 1.82. The molecule has 6 heteroatoms. The van der Waals surface area contributed by atoms with Crippen LogP contribution in [-0.4, -0.2) is 53.5 Å². The Hall–Kier alpha value is -1.92. The van der Waals surface area contributed by atoms with Crippen LogP contribution in [-0.2, 0) is 13.0 Å². The number of amides is 2. The molecule has 0 atom stereocenters. The molecule has 25 heavy (non-hydrogen) atoms. The molecule has 1 aliphatic rings. The molecule has 0 radical (unpaired) electrons. The van der Waals surface area contributed by atoms with Gasteiger partial charge in [0.25, 0.3) is 0 Å². The average molecular weight is 359 g/mol. The number of hydrogen-bond donors (Lipinski definition) is 1. The van der Waals surface area contributed by atoms with Gasteiger partial charge >= 0.3 is 6.03 Å². The van der Waals surface area contributed by atoms with Crippen LogP contribution < -0.4 is 5.32 Å². The number of aromatic nitrogens is 1. The monoisotopic (exact) mass is 358 g/mol. The van der Waals surface area contributed by atoms with Crippen molar-refractivity contribution in [3.05, 3.63) is 52.5 Å². The molecule has 2 amide bonds. The van der Waals surface area contributed by atoms with Crippen LogP contribution in [0.1, 0.15) is 24.1 Å². The molecule has 3 rings (SSSR count). The Morgan fingerprint density at radius 2 is 2.08 bits per heavy atom. The molecule has 1 N–H and O–H groups in total. The zero-order valence-corrected chi connectivity index (χ0v) is 15.5. The van der Waals surface area contributed by atoms with Crippen LogP contribution in [0.2, 0.25) is 0 Å². The predicted octanol–water partition coefficient (Wildman–Crippen LogP) is 2.99. The second-order valence-electron chi connectivity index (χ2n) is 6.64. The van der Waals surface area contributed by atoms with Crippen molar-refractivity contribution in [2.45, 2.75) is 31.8 Å². The number of thiazole rings is 1. The molecule has 0 aliphatic carbocycles. The lowest BCUT2D eigenvalue weighted by molar-refractivity contribution is 0.177. The number of urea groups is 1. The lowest BCUT2D eigenvalue weighted by atomic mass is 10.0. The minimum Gasteiger partial charge on any atom is -0.335 e. The topological polar surface area (TPSA) is 48.5 Å². The van der Waals surface area contributed by atoms with Gasteiger partial charge in [-0.25, -0.2) is 9.78 Å². The van der Waals surface area contributed by atoms with Crippen LogP contribution in [0.4, 0.5) is 4.79 Å². The molecule has 134 valence electrons. The Morgan fingerprint density at radius 3 is 2.76 bits per heavy atom. The number of hydrogen-bond acceptors (Lipinski definition) is 4. The molecule has 1 aromatic carbocycles. The fourth-order valence-corrected chi connectivity index (χ4v) is 3.70. The molecule has 0 unspecified atom stereocenters. The number of piperidine rings is 1. The molecule has 1 aliphatic heterocycles. The second-order valence-corrected chi connectivity index (χ2v) is 7.36. The highest BCUT2D eigenvalue weighted by molar-refractivity contribution is 7.07. The van der Waals surface area contributed by atoms with Crippen molar-refractivity contribution in [3.8, 4) is 0 Å². The highest BCUT2D eigenvalue weighted by Gasteiger charge is 2.21. The second kappa shape index (κ2) is 8.97. The summed E-state index contributed by atoms with van der Waals surface area (Å²) in [6, 6.07) is 10.9. The molecular formula is C19H26N4OS. The Bertz CT molecular complexity index is 639. The quantitative estimate of drug-likeness (QED) is 0.864.